The number of carbonyl (C=O) groups is 3. The van der Waals surface area contributed by atoms with E-state index in [1.807, 2.05) is 0 Å². The Hall–Kier alpha value is -3.07. The van der Waals surface area contributed by atoms with Gasteiger partial charge in [-0.15, -0.1) is 0 Å². The SMILES string of the molecule is C=C(C[C@@H](N)CCCNC(=O)C[C@@H](N)CCCN)NCCC[C@H](N)CC(=O)NC1C(/C=C2\N[C@@H]3[C@H](O)CNC(=O)[C@@H]3N2)OC(CO)C(O)C1O. The van der Waals surface area contributed by atoms with Crippen LogP contribution < -0.4 is 54.8 Å². The van der Waals surface area contributed by atoms with Crippen LogP contribution in [-0.2, 0) is 19.1 Å². The van der Waals surface area contributed by atoms with Crippen LogP contribution in [0.25, 0.3) is 0 Å². The van der Waals surface area contributed by atoms with Crippen molar-refractivity contribution in [3.63, 3.8) is 0 Å². The van der Waals surface area contributed by atoms with E-state index >= 15 is 0 Å². The van der Waals surface area contributed by atoms with Gasteiger partial charge in [-0.3, -0.25) is 14.4 Å². The molecule has 0 aromatic carbocycles. The third kappa shape index (κ3) is 12.9. The van der Waals surface area contributed by atoms with Gasteiger partial charge in [-0.1, -0.05) is 6.58 Å². The molecule has 3 heterocycles. The van der Waals surface area contributed by atoms with Gasteiger partial charge in [0.25, 0.3) is 0 Å². The lowest BCUT2D eigenvalue weighted by Gasteiger charge is -2.42. The number of nitrogens with two attached hydrogens (primary N) is 4. The third-order valence-corrected chi connectivity index (χ3v) is 9.18. The summed E-state index contributed by atoms with van der Waals surface area (Å²) in [6.07, 6.45) is 0.522. The number of aliphatic hydroxyl groups is 4. The number of β-amino-alcohol motifs (C(OH)–C–C–N with tert-alkyl or cyclic N) is 1. The molecule has 3 fully saturated rings. The summed E-state index contributed by atoms with van der Waals surface area (Å²) in [4.78, 5) is 37.2. The van der Waals surface area contributed by atoms with Gasteiger partial charge in [0.1, 0.15) is 30.5 Å². The minimum absolute atomic E-state index is 0.0545. The standard InChI is InChI=1S/C32H60N10O8/c1-17(11-18(34)6-4-10-38-25(45)12-19(35)5-2-8-33)37-9-3-7-20(36)13-26(46)42-28-22(50-23(16-43)30(47)31(28)48)14-24-40-27-21(44)15-39-32(49)29(27)41-24/h14,18-23,27-31,37,40-41,43-44,47-48H,1-13,15-16,33-36H2,(H,38,45)(H,39,49)(H,42,46)/b24-14+/t18-,19-,20-,21+,22?,23?,27+,28?,29+,30?,31?/m0/s1. The van der Waals surface area contributed by atoms with Crippen LogP contribution in [0, 0.1) is 0 Å². The largest absolute Gasteiger partial charge is 0.394 e. The average molecular weight is 713 g/mol. The zero-order chi connectivity index (χ0) is 36.8. The van der Waals surface area contributed by atoms with E-state index in [0.29, 0.717) is 51.1 Å². The monoisotopic (exact) mass is 712 g/mol. The molecule has 0 radical (unpaired) electrons. The van der Waals surface area contributed by atoms with E-state index in [1.165, 1.54) is 6.08 Å². The molecule has 0 bridgehead atoms. The van der Waals surface area contributed by atoms with Crippen LogP contribution in [0.4, 0.5) is 0 Å². The summed E-state index contributed by atoms with van der Waals surface area (Å²) in [5, 5.41) is 58.8. The maximum atomic E-state index is 13.0. The molecule has 18 heteroatoms. The third-order valence-electron chi connectivity index (χ3n) is 9.18. The molecular weight excluding hydrogens is 652 g/mol. The molecule has 3 amide bonds. The Morgan fingerprint density at radius 3 is 2.18 bits per heavy atom. The van der Waals surface area contributed by atoms with Crippen molar-refractivity contribution in [2.24, 2.45) is 22.9 Å². The number of hydrogen-bond acceptors (Lipinski definition) is 15. The Kier molecular flexibility index (Phi) is 17.1. The number of nitrogens with one attached hydrogen (secondary N) is 6. The zero-order valence-electron chi connectivity index (χ0n) is 28.8. The topological polar surface area (TPSA) is 318 Å². The van der Waals surface area contributed by atoms with Crippen LogP contribution in [0.15, 0.2) is 24.2 Å². The van der Waals surface area contributed by atoms with Gasteiger partial charge in [0.2, 0.25) is 17.7 Å². The smallest absolute Gasteiger partial charge is 0.244 e. The summed E-state index contributed by atoms with van der Waals surface area (Å²) >= 11 is 0. The fraction of sp³-hybridized carbons (Fsp3) is 0.781. The maximum Gasteiger partial charge on any atom is 0.244 e. The van der Waals surface area contributed by atoms with E-state index in [-0.39, 0.29) is 43.3 Å². The highest BCUT2D eigenvalue weighted by Crippen LogP contribution is 2.24. The molecule has 0 aromatic heterocycles. The van der Waals surface area contributed by atoms with Gasteiger partial charge in [-0.2, -0.15) is 0 Å². The van der Waals surface area contributed by atoms with Gasteiger partial charge >= 0.3 is 0 Å². The highest BCUT2D eigenvalue weighted by atomic mass is 16.5. The first kappa shape index (κ1) is 41.4. The highest BCUT2D eigenvalue weighted by Gasteiger charge is 2.47. The van der Waals surface area contributed by atoms with Crippen molar-refractivity contribution >= 4 is 17.7 Å². The van der Waals surface area contributed by atoms with Gasteiger partial charge in [0.05, 0.1) is 30.6 Å². The first-order valence-corrected chi connectivity index (χ1v) is 17.6. The summed E-state index contributed by atoms with van der Waals surface area (Å²) in [6.45, 7) is 5.22. The summed E-state index contributed by atoms with van der Waals surface area (Å²) < 4.78 is 5.82. The number of carbonyl (C=O) groups excluding carboxylic acids is 3. The minimum Gasteiger partial charge on any atom is -0.394 e. The van der Waals surface area contributed by atoms with E-state index in [2.05, 4.69) is 38.5 Å². The number of ether oxygens (including phenoxy) is 1. The summed E-state index contributed by atoms with van der Waals surface area (Å²) in [7, 11) is 0. The van der Waals surface area contributed by atoms with Crippen molar-refractivity contribution < 1.29 is 39.5 Å². The van der Waals surface area contributed by atoms with Crippen LogP contribution in [-0.4, -0.2) is 138 Å². The normalized spacial score (nSPS) is 30.2. The zero-order valence-corrected chi connectivity index (χ0v) is 28.8. The summed E-state index contributed by atoms with van der Waals surface area (Å²) in [5.74, 6) is -0.495. The van der Waals surface area contributed by atoms with Crippen LogP contribution in [0.2, 0.25) is 0 Å². The highest BCUT2D eigenvalue weighted by molar-refractivity contribution is 5.84. The maximum absolute atomic E-state index is 13.0. The van der Waals surface area contributed by atoms with Crippen molar-refractivity contribution in [1.29, 1.82) is 0 Å². The lowest BCUT2D eigenvalue weighted by molar-refractivity contribution is -0.184. The Morgan fingerprint density at radius 2 is 1.54 bits per heavy atom. The Bertz CT molecular complexity index is 1150. The molecule has 0 saturated carbocycles. The number of rotatable bonds is 21. The lowest BCUT2D eigenvalue weighted by atomic mass is 9.92. The summed E-state index contributed by atoms with van der Waals surface area (Å²) in [6, 6.07) is -3.23. The van der Waals surface area contributed by atoms with Crippen LogP contribution >= 0.6 is 0 Å². The molecule has 3 aliphatic rings. The molecular formula is C32H60N10O8. The number of amides is 3. The van der Waals surface area contributed by atoms with E-state index in [4.69, 9.17) is 27.7 Å². The second-order valence-corrected chi connectivity index (χ2v) is 13.6. The second-order valence-electron chi connectivity index (χ2n) is 13.6. The van der Waals surface area contributed by atoms with Crippen LogP contribution in [0.1, 0.15) is 57.8 Å². The van der Waals surface area contributed by atoms with Crippen molar-refractivity contribution in [3.05, 3.63) is 24.2 Å². The van der Waals surface area contributed by atoms with E-state index in [9.17, 15) is 34.8 Å². The molecule has 0 aliphatic carbocycles. The molecule has 11 atom stereocenters. The number of fused-ring (bicyclic) bond motifs is 1. The lowest BCUT2D eigenvalue weighted by Crippen LogP contribution is -2.64. The Morgan fingerprint density at radius 1 is 0.920 bits per heavy atom. The van der Waals surface area contributed by atoms with Gasteiger partial charge in [0, 0.05) is 62.7 Å². The molecule has 18 N–H and O–H groups in total. The van der Waals surface area contributed by atoms with E-state index in [0.717, 1.165) is 25.0 Å². The molecule has 3 saturated heterocycles. The Balaban J connectivity index is 1.36. The summed E-state index contributed by atoms with van der Waals surface area (Å²) in [5.41, 5.74) is 24.7. The van der Waals surface area contributed by atoms with Gasteiger partial charge < -0.3 is 80.0 Å². The van der Waals surface area contributed by atoms with Crippen molar-refractivity contribution in [1.82, 2.24) is 31.9 Å². The second kappa shape index (κ2) is 20.7. The molecule has 3 aliphatic heterocycles. The van der Waals surface area contributed by atoms with Crippen LogP contribution in [0.3, 0.4) is 0 Å². The van der Waals surface area contributed by atoms with Gasteiger partial charge in [-0.05, 0) is 51.1 Å². The first-order chi connectivity index (χ1) is 23.8. The Labute approximate surface area is 293 Å². The fourth-order valence-corrected chi connectivity index (χ4v) is 6.36. The molecule has 0 aromatic rings. The average Bonchev–Trinajstić information content (AvgIpc) is 3.50. The number of piperidine rings is 1. The van der Waals surface area contributed by atoms with Crippen LogP contribution in [0.5, 0.6) is 0 Å². The quantitative estimate of drug-likeness (QED) is 0.0495. The fourth-order valence-electron chi connectivity index (χ4n) is 6.36. The molecule has 18 nitrogen and oxygen atoms in total. The molecule has 3 rings (SSSR count). The molecule has 286 valence electrons. The predicted octanol–water partition coefficient (Wildman–Crippen LogP) is -5.11. The molecule has 5 unspecified atom stereocenters. The van der Waals surface area contributed by atoms with Gasteiger partial charge in [-0.25, -0.2) is 0 Å². The van der Waals surface area contributed by atoms with E-state index < -0.39 is 67.2 Å². The first-order valence-electron chi connectivity index (χ1n) is 17.6. The van der Waals surface area contributed by atoms with Crippen molar-refractivity contribution in [2.45, 2.75) is 125 Å². The predicted molar refractivity (Wildman–Crippen MR) is 185 cm³/mol. The van der Waals surface area contributed by atoms with Crippen molar-refractivity contribution in [2.75, 3.05) is 32.8 Å². The number of aliphatic hydroxyl groups excluding tert-OH is 4. The minimum atomic E-state index is -1.48. The van der Waals surface area contributed by atoms with Gasteiger partial charge in [0.15, 0.2) is 0 Å². The molecule has 0 spiro atoms. The van der Waals surface area contributed by atoms with Crippen molar-refractivity contribution in [3.8, 4) is 0 Å². The van der Waals surface area contributed by atoms with E-state index in [1.54, 1.807) is 0 Å². The number of hydrogen-bond donors (Lipinski definition) is 14. The molecule has 50 heavy (non-hydrogen) atoms.